The number of rotatable bonds is 58. The minimum Gasteiger partial charge on any atom is -0.394 e. The van der Waals surface area contributed by atoms with Gasteiger partial charge in [-0.25, -0.2) is 0 Å². The number of aliphatic hydroxyl groups is 8. The van der Waals surface area contributed by atoms with Gasteiger partial charge in [-0.1, -0.05) is 291 Å². The van der Waals surface area contributed by atoms with Gasteiger partial charge in [-0.15, -0.1) is 0 Å². The van der Waals surface area contributed by atoms with Crippen molar-refractivity contribution in [3.63, 3.8) is 0 Å². The SMILES string of the molecule is CC/C=C\C/C=C\C/C=C\C/C=C\C/C=C\C/C=C\C/C=C\C/C=C\CCCCCCCCCCCCC(=O)NC(COC1OC(CO)C(OC2OC(CO)C(O)C(O)C2O)C(O)C1O)C(O)CCCCCCCCCCCCCCCCCCCCCC. The fraction of sp³-hybridized carbons (Fsp3) is 0.773. The van der Waals surface area contributed by atoms with Gasteiger partial charge in [-0.05, 0) is 77.0 Å². The van der Waals surface area contributed by atoms with Crippen LogP contribution < -0.4 is 5.32 Å². The van der Waals surface area contributed by atoms with E-state index in [1.807, 2.05) is 0 Å². The van der Waals surface area contributed by atoms with Crippen LogP contribution in [0.3, 0.4) is 0 Å². The summed E-state index contributed by atoms with van der Waals surface area (Å²) in [6.45, 7) is 2.77. The van der Waals surface area contributed by atoms with Gasteiger partial charge in [0, 0.05) is 6.42 Å². The summed E-state index contributed by atoms with van der Waals surface area (Å²) in [5, 5.41) is 87.6. The Kier molecular flexibility index (Phi) is 54.1. The molecular formula is C75H131NO13. The summed E-state index contributed by atoms with van der Waals surface area (Å²) in [6, 6.07) is -0.838. The Labute approximate surface area is 541 Å². The Bertz CT molecular complexity index is 1860. The van der Waals surface area contributed by atoms with Crippen molar-refractivity contribution in [3.05, 3.63) is 97.2 Å². The van der Waals surface area contributed by atoms with Crippen LogP contribution in [0.5, 0.6) is 0 Å². The van der Waals surface area contributed by atoms with Crippen LogP contribution in [0, 0.1) is 0 Å². The molecular weight excluding hydrogens is 1120 g/mol. The van der Waals surface area contributed by atoms with E-state index in [0.29, 0.717) is 19.3 Å². The molecule has 0 bridgehead atoms. The molecule has 0 aliphatic carbocycles. The highest BCUT2D eigenvalue weighted by molar-refractivity contribution is 5.76. The van der Waals surface area contributed by atoms with Gasteiger partial charge < -0.3 is 65.1 Å². The molecule has 2 saturated heterocycles. The molecule has 1 amide bonds. The molecule has 14 heteroatoms. The first-order valence-corrected chi connectivity index (χ1v) is 36.0. The second-order valence-electron chi connectivity index (χ2n) is 25.0. The van der Waals surface area contributed by atoms with Crippen LogP contribution in [-0.2, 0) is 23.7 Å². The number of carbonyl (C=O) groups excluding carboxylic acids is 1. The first-order valence-electron chi connectivity index (χ1n) is 36.0. The Morgan fingerprint density at radius 1 is 0.416 bits per heavy atom. The smallest absolute Gasteiger partial charge is 0.220 e. The molecule has 2 rings (SSSR count). The number of allylic oxidation sites excluding steroid dienone is 16. The van der Waals surface area contributed by atoms with E-state index < -0.39 is 86.8 Å². The van der Waals surface area contributed by atoms with Crippen molar-refractivity contribution in [3.8, 4) is 0 Å². The molecule has 12 unspecified atom stereocenters. The summed E-state index contributed by atoms with van der Waals surface area (Å²) in [6.07, 6.45) is 65.5. The van der Waals surface area contributed by atoms with E-state index in [9.17, 15) is 45.6 Å². The van der Waals surface area contributed by atoms with Gasteiger partial charge in [-0.2, -0.15) is 0 Å². The quantitative estimate of drug-likeness (QED) is 0.0204. The number of unbranched alkanes of at least 4 members (excludes halogenated alkanes) is 29. The zero-order valence-electron chi connectivity index (χ0n) is 55.9. The number of aliphatic hydroxyl groups excluding tert-OH is 8. The molecule has 89 heavy (non-hydrogen) atoms. The van der Waals surface area contributed by atoms with Crippen LogP contribution in [0.4, 0.5) is 0 Å². The van der Waals surface area contributed by atoms with Gasteiger partial charge in [0.1, 0.15) is 48.8 Å². The molecule has 0 spiro atoms. The van der Waals surface area contributed by atoms with Gasteiger partial charge in [0.05, 0.1) is 32.0 Å². The van der Waals surface area contributed by atoms with E-state index in [1.54, 1.807) is 0 Å². The zero-order valence-corrected chi connectivity index (χ0v) is 55.9. The monoisotopic (exact) mass is 1250 g/mol. The summed E-state index contributed by atoms with van der Waals surface area (Å²) in [7, 11) is 0. The van der Waals surface area contributed by atoms with Crippen molar-refractivity contribution in [2.75, 3.05) is 19.8 Å². The minimum absolute atomic E-state index is 0.212. The van der Waals surface area contributed by atoms with Crippen LogP contribution in [0.1, 0.15) is 277 Å². The van der Waals surface area contributed by atoms with Crippen LogP contribution in [0.25, 0.3) is 0 Å². The fourth-order valence-corrected chi connectivity index (χ4v) is 11.4. The Hall–Kier alpha value is -3.09. The Morgan fingerprint density at radius 3 is 1.19 bits per heavy atom. The highest BCUT2D eigenvalue weighted by Crippen LogP contribution is 2.30. The molecule has 14 nitrogen and oxygen atoms in total. The number of ether oxygens (including phenoxy) is 4. The maximum Gasteiger partial charge on any atom is 0.220 e. The minimum atomic E-state index is -1.79. The lowest BCUT2D eigenvalue weighted by Gasteiger charge is -2.46. The average Bonchev–Trinajstić information content (AvgIpc) is 3.62. The summed E-state index contributed by atoms with van der Waals surface area (Å²) >= 11 is 0. The summed E-state index contributed by atoms with van der Waals surface area (Å²) in [4.78, 5) is 13.4. The third-order valence-corrected chi connectivity index (χ3v) is 17.1. The number of amides is 1. The first-order chi connectivity index (χ1) is 43.6. The average molecular weight is 1250 g/mol. The predicted octanol–water partition coefficient (Wildman–Crippen LogP) is 15.0. The molecule has 0 aromatic carbocycles. The lowest BCUT2D eigenvalue weighted by molar-refractivity contribution is -0.359. The van der Waals surface area contributed by atoms with E-state index in [-0.39, 0.29) is 12.5 Å². The van der Waals surface area contributed by atoms with Gasteiger partial charge in [-0.3, -0.25) is 4.79 Å². The van der Waals surface area contributed by atoms with E-state index in [0.717, 1.165) is 103 Å². The topological polar surface area (TPSA) is 228 Å². The largest absolute Gasteiger partial charge is 0.394 e. The van der Waals surface area contributed by atoms with Crippen molar-refractivity contribution in [1.82, 2.24) is 5.32 Å². The van der Waals surface area contributed by atoms with Crippen LogP contribution in [-0.4, -0.2) is 140 Å². The fourth-order valence-electron chi connectivity index (χ4n) is 11.4. The molecule has 2 fully saturated rings. The van der Waals surface area contributed by atoms with Gasteiger partial charge in [0.15, 0.2) is 12.6 Å². The lowest BCUT2D eigenvalue weighted by atomic mass is 9.97. The maximum absolute atomic E-state index is 13.4. The molecule has 2 aliphatic heterocycles. The van der Waals surface area contributed by atoms with Crippen LogP contribution >= 0.6 is 0 Å². The van der Waals surface area contributed by atoms with E-state index in [1.165, 1.54) is 141 Å². The van der Waals surface area contributed by atoms with Crippen LogP contribution in [0.15, 0.2) is 97.2 Å². The molecule has 0 aromatic rings. The van der Waals surface area contributed by atoms with Gasteiger partial charge in [0.25, 0.3) is 0 Å². The molecule has 12 atom stereocenters. The second-order valence-corrected chi connectivity index (χ2v) is 25.0. The standard InChI is InChI=1S/C75H131NO13/c1-3-5-7-9-11-13-15-17-19-21-23-25-26-27-28-29-30-31-32-33-34-35-36-37-38-39-41-43-45-47-49-51-53-55-57-59-67(80)76-63(64(79)58-56-54-52-50-48-46-44-42-40-24-22-20-18-16-14-12-10-8-6-4-2)62-86-74-72(85)70(83)73(66(61-78)88-74)89-75-71(84)69(82)68(81)65(60-77)87-75/h5,7,11,13,17,19,23,25,27-28,30-31,33-34,36-37,63-66,68-75,77-79,81-85H,3-4,6,8-10,12,14-16,18,20-22,24,26,29,32,35,38-62H2,1-2H3,(H,76,80)/b7-5-,13-11-,19-17-,25-23-,28-27-,31-30-,34-33-,37-36-. The number of nitrogens with one attached hydrogen (secondary N) is 1. The summed E-state index contributed by atoms with van der Waals surface area (Å²) < 4.78 is 22.9. The molecule has 2 aliphatic rings. The molecule has 0 saturated carbocycles. The molecule has 0 radical (unpaired) electrons. The third kappa shape index (κ3) is 42.7. The number of hydrogen-bond donors (Lipinski definition) is 9. The second kappa shape index (κ2) is 58.7. The van der Waals surface area contributed by atoms with Crippen LogP contribution in [0.2, 0.25) is 0 Å². The molecule has 2 heterocycles. The Balaban J connectivity index is 1.65. The zero-order chi connectivity index (χ0) is 64.5. The van der Waals surface area contributed by atoms with E-state index in [4.69, 9.17) is 18.9 Å². The van der Waals surface area contributed by atoms with Crippen molar-refractivity contribution in [2.45, 2.75) is 351 Å². The van der Waals surface area contributed by atoms with E-state index in [2.05, 4.69) is 116 Å². The van der Waals surface area contributed by atoms with Crippen molar-refractivity contribution >= 4 is 5.91 Å². The van der Waals surface area contributed by atoms with Crippen molar-refractivity contribution in [2.24, 2.45) is 0 Å². The van der Waals surface area contributed by atoms with E-state index >= 15 is 0 Å². The Morgan fingerprint density at radius 2 is 0.775 bits per heavy atom. The number of hydrogen-bond acceptors (Lipinski definition) is 13. The predicted molar refractivity (Wildman–Crippen MR) is 364 cm³/mol. The van der Waals surface area contributed by atoms with Gasteiger partial charge in [0.2, 0.25) is 5.91 Å². The molecule has 9 N–H and O–H groups in total. The highest BCUT2D eigenvalue weighted by atomic mass is 16.7. The highest BCUT2D eigenvalue weighted by Gasteiger charge is 2.51. The summed E-state index contributed by atoms with van der Waals surface area (Å²) in [5.74, 6) is -0.212. The maximum atomic E-state index is 13.4. The van der Waals surface area contributed by atoms with Crippen molar-refractivity contribution < 1.29 is 64.6 Å². The number of carbonyl (C=O) groups is 1. The first kappa shape index (κ1) is 82.0. The third-order valence-electron chi connectivity index (χ3n) is 17.1. The van der Waals surface area contributed by atoms with Gasteiger partial charge >= 0.3 is 0 Å². The lowest BCUT2D eigenvalue weighted by Crippen LogP contribution is -2.65. The summed E-state index contributed by atoms with van der Waals surface area (Å²) in [5.41, 5.74) is 0. The molecule has 0 aromatic heterocycles. The van der Waals surface area contributed by atoms with Crippen molar-refractivity contribution in [1.29, 1.82) is 0 Å². The molecule has 514 valence electrons. The normalized spacial score (nSPS) is 23.6.